The number of hydrogen-bond acceptors (Lipinski definition) is 5. The number of nitrogens with one attached hydrogen (secondary N) is 1. The van der Waals surface area contributed by atoms with Crippen molar-refractivity contribution in [3.63, 3.8) is 0 Å². The van der Waals surface area contributed by atoms with E-state index in [-0.39, 0.29) is 23.8 Å². The number of piperidine rings is 1. The van der Waals surface area contributed by atoms with Gasteiger partial charge in [-0.25, -0.2) is 0 Å². The lowest BCUT2D eigenvalue weighted by Gasteiger charge is -2.32. The van der Waals surface area contributed by atoms with Crippen molar-refractivity contribution in [1.82, 2.24) is 10.2 Å². The van der Waals surface area contributed by atoms with Crippen molar-refractivity contribution >= 4 is 11.8 Å². The first-order valence-corrected chi connectivity index (χ1v) is 11.5. The number of ether oxygens (including phenoxy) is 2. The zero-order valence-corrected chi connectivity index (χ0v) is 19.5. The molecule has 0 radical (unpaired) electrons. The molecule has 2 aromatic carbocycles. The third-order valence-electron chi connectivity index (χ3n) is 6.32. The van der Waals surface area contributed by atoms with Crippen LogP contribution >= 0.6 is 0 Å². The minimum absolute atomic E-state index is 0.0134. The second kappa shape index (κ2) is 10.9. The monoisotopic (exact) mass is 462 g/mol. The van der Waals surface area contributed by atoms with Crippen LogP contribution in [0, 0.1) is 5.92 Å². The summed E-state index contributed by atoms with van der Waals surface area (Å²) < 4.78 is 15.8. The highest BCUT2D eigenvalue weighted by Crippen LogP contribution is 2.25. The molecule has 7 nitrogen and oxygen atoms in total. The average Bonchev–Trinajstić information content (AvgIpc) is 3.43. The van der Waals surface area contributed by atoms with E-state index in [1.165, 1.54) is 6.26 Å². The summed E-state index contributed by atoms with van der Waals surface area (Å²) in [5, 5.41) is 3.26. The molecule has 7 heteroatoms. The molecular weight excluding hydrogens is 432 g/mol. The molecule has 178 valence electrons. The van der Waals surface area contributed by atoms with Gasteiger partial charge in [-0.15, -0.1) is 0 Å². The molecule has 0 unspecified atom stereocenters. The van der Waals surface area contributed by atoms with Crippen LogP contribution in [0.1, 0.15) is 40.6 Å². The molecule has 0 bridgehead atoms. The van der Waals surface area contributed by atoms with Crippen molar-refractivity contribution in [3.8, 4) is 11.5 Å². The van der Waals surface area contributed by atoms with E-state index in [1.54, 1.807) is 31.3 Å². The molecule has 0 aliphatic carbocycles. The average molecular weight is 463 g/mol. The van der Waals surface area contributed by atoms with Gasteiger partial charge in [-0.05, 0) is 66.8 Å². The number of rotatable bonds is 8. The predicted molar refractivity (Wildman–Crippen MR) is 128 cm³/mol. The SMILES string of the molecule is COc1ccc(C[C@H](NC(=O)C2CCN(C(=O)c3ccco3)CC2)c2ccc(OC)cc2)cc1. The lowest BCUT2D eigenvalue weighted by Crippen LogP contribution is -2.43. The highest BCUT2D eigenvalue weighted by atomic mass is 16.5. The number of carbonyl (C=O) groups excluding carboxylic acids is 2. The number of hydrogen-bond donors (Lipinski definition) is 1. The normalized spacial score (nSPS) is 14.9. The molecule has 34 heavy (non-hydrogen) atoms. The lowest BCUT2D eigenvalue weighted by atomic mass is 9.93. The van der Waals surface area contributed by atoms with Gasteiger partial charge in [0.1, 0.15) is 11.5 Å². The van der Waals surface area contributed by atoms with Crippen molar-refractivity contribution in [2.45, 2.75) is 25.3 Å². The Kier molecular flexibility index (Phi) is 7.52. The minimum atomic E-state index is -0.186. The van der Waals surface area contributed by atoms with Crippen LogP contribution in [0.5, 0.6) is 11.5 Å². The zero-order chi connectivity index (χ0) is 23.9. The Bertz CT molecular complexity index is 1070. The van der Waals surface area contributed by atoms with Crippen LogP contribution in [-0.2, 0) is 11.2 Å². The molecule has 3 aromatic rings. The Labute approximate surface area is 199 Å². The topological polar surface area (TPSA) is 81.0 Å². The van der Waals surface area contributed by atoms with Gasteiger partial charge in [-0.1, -0.05) is 24.3 Å². The fourth-order valence-electron chi connectivity index (χ4n) is 4.28. The summed E-state index contributed by atoms with van der Waals surface area (Å²) in [6.45, 7) is 1.06. The van der Waals surface area contributed by atoms with Crippen LogP contribution in [0.15, 0.2) is 71.3 Å². The molecule has 0 spiro atoms. The van der Waals surface area contributed by atoms with Gasteiger partial charge in [-0.3, -0.25) is 9.59 Å². The number of benzene rings is 2. The fourth-order valence-corrected chi connectivity index (χ4v) is 4.28. The first-order chi connectivity index (χ1) is 16.6. The zero-order valence-electron chi connectivity index (χ0n) is 19.5. The summed E-state index contributed by atoms with van der Waals surface area (Å²) in [5.41, 5.74) is 2.11. The van der Waals surface area contributed by atoms with E-state index in [2.05, 4.69) is 5.32 Å². The second-order valence-corrected chi connectivity index (χ2v) is 8.43. The quantitative estimate of drug-likeness (QED) is 0.541. The van der Waals surface area contributed by atoms with Crippen LogP contribution < -0.4 is 14.8 Å². The molecule has 1 saturated heterocycles. The highest BCUT2D eigenvalue weighted by molar-refractivity contribution is 5.91. The smallest absolute Gasteiger partial charge is 0.289 e. The molecule has 1 aliphatic rings. The molecule has 1 aromatic heterocycles. The van der Waals surface area contributed by atoms with E-state index in [0.29, 0.717) is 38.1 Å². The van der Waals surface area contributed by atoms with Crippen LogP contribution in [0.3, 0.4) is 0 Å². The largest absolute Gasteiger partial charge is 0.497 e. The molecular formula is C27H30N2O5. The van der Waals surface area contributed by atoms with Gasteiger partial charge in [-0.2, -0.15) is 0 Å². The number of furan rings is 1. The summed E-state index contributed by atoms with van der Waals surface area (Å²) in [4.78, 5) is 27.5. The van der Waals surface area contributed by atoms with Crippen LogP contribution in [-0.4, -0.2) is 44.0 Å². The third kappa shape index (κ3) is 5.60. The van der Waals surface area contributed by atoms with Gasteiger partial charge < -0.3 is 24.1 Å². The van der Waals surface area contributed by atoms with Crippen LogP contribution in [0.25, 0.3) is 0 Å². The Hall–Kier alpha value is -3.74. The standard InChI is InChI=1S/C27H30N2O5/c1-32-22-9-5-19(6-10-22)18-24(20-7-11-23(33-2)12-8-20)28-26(30)21-13-15-29(16-14-21)27(31)25-4-3-17-34-25/h3-12,17,21,24H,13-16,18H2,1-2H3,(H,28,30)/t24-/m0/s1. The minimum Gasteiger partial charge on any atom is -0.497 e. The van der Waals surface area contributed by atoms with Gasteiger partial charge in [0, 0.05) is 19.0 Å². The lowest BCUT2D eigenvalue weighted by molar-refractivity contribution is -0.127. The summed E-state index contributed by atoms with van der Waals surface area (Å²) in [7, 11) is 3.28. The Morgan fingerprint density at radius 3 is 2.15 bits per heavy atom. The molecule has 1 fully saturated rings. The summed E-state index contributed by atoms with van der Waals surface area (Å²) in [6, 6.07) is 18.8. The number of carbonyl (C=O) groups is 2. The fraction of sp³-hybridized carbons (Fsp3) is 0.333. The van der Waals surface area contributed by atoms with Crippen molar-refractivity contribution < 1.29 is 23.5 Å². The van der Waals surface area contributed by atoms with E-state index in [1.807, 2.05) is 48.5 Å². The first kappa shape index (κ1) is 23.4. The maximum atomic E-state index is 13.2. The Morgan fingerprint density at radius 2 is 1.59 bits per heavy atom. The number of nitrogens with zero attached hydrogens (tertiary/aromatic N) is 1. The van der Waals surface area contributed by atoms with E-state index in [4.69, 9.17) is 13.9 Å². The molecule has 2 heterocycles. The number of likely N-dealkylation sites (tertiary alicyclic amines) is 1. The van der Waals surface area contributed by atoms with Gasteiger partial charge >= 0.3 is 0 Å². The molecule has 1 aliphatic heterocycles. The molecule has 0 saturated carbocycles. The Morgan fingerprint density at radius 1 is 0.971 bits per heavy atom. The van der Waals surface area contributed by atoms with Crippen LogP contribution in [0.4, 0.5) is 0 Å². The highest BCUT2D eigenvalue weighted by Gasteiger charge is 2.30. The summed E-state index contributed by atoms with van der Waals surface area (Å²) >= 11 is 0. The van der Waals surface area contributed by atoms with Gasteiger partial charge in [0.2, 0.25) is 5.91 Å². The Balaban J connectivity index is 1.42. The third-order valence-corrected chi connectivity index (χ3v) is 6.32. The van der Waals surface area contributed by atoms with Gasteiger partial charge in [0.05, 0.1) is 26.5 Å². The van der Waals surface area contributed by atoms with Crippen molar-refractivity contribution in [3.05, 3.63) is 83.8 Å². The maximum Gasteiger partial charge on any atom is 0.289 e. The summed E-state index contributed by atoms with van der Waals surface area (Å²) in [5.74, 6) is 1.65. The van der Waals surface area contributed by atoms with Gasteiger partial charge in [0.25, 0.3) is 5.91 Å². The second-order valence-electron chi connectivity index (χ2n) is 8.43. The number of methoxy groups -OCH3 is 2. The van der Waals surface area contributed by atoms with E-state index in [9.17, 15) is 9.59 Å². The van der Waals surface area contributed by atoms with Crippen LogP contribution in [0.2, 0.25) is 0 Å². The molecule has 4 rings (SSSR count). The van der Waals surface area contributed by atoms with E-state index < -0.39 is 0 Å². The van der Waals surface area contributed by atoms with Crippen molar-refractivity contribution in [1.29, 1.82) is 0 Å². The van der Waals surface area contributed by atoms with E-state index in [0.717, 1.165) is 22.6 Å². The van der Waals surface area contributed by atoms with Crippen molar-refractivity contribution in [2.24, 2.45) is 5.92 Å². The molecule has 2 amide bonds. The van der Waals surface area contributed by atoms with Crippen molar-refractivity contribution in [2.75, 3.05) is 27.3 Å². The predicted octanol–water partition coefficient (Wildman–Crippen LogP) is 4.25. The first-order valence-electron chi connectivity index (χ1n) is 11.5. The van der Waals surface area contributed by atoms with Gasteiger partial charge in [0.15, 0.2) is 5.76 Å². The number of amides is 2. The summed E-state index contributed by atoms with van der Waals surface area (Å²) in [6.07, 6.45) is 3.39. The maximum absolute atomic E-state index is 13.2. The molecule has 1 N–H and O–H groups in total. The molecule has 1 atom stereocenters. The van der Waals surface area contributed by atoms with E-state index >= 15 is 0 Å².